The number of benzene rings is 1. The van der Waals surface area contributed by atoms with Crippen molar-refractivity contribution in [3.63, 3.8) is 0 Å². The van der Waals surface area contributed by atoms with Gasteiger partial charge in [0.2, 0.25) is 12.8 Å². The number of imidazole rings is 1. The molecule has 1 fully saturated rings. The van der Waals surface area contributed by atoms with Crippen molar-refractivity contribution in [1.29, 1.82) is 0 Å². The minimum absolute atomic E-state index is 0.246. The summed E-state index contributed by atoms with van der Waals surface area (Å²) >= 11 is 0. The molecule has 0 spiro atoms. The molecule has 11 nitrogen and oxygen atoms in total. The van der Waals surface area contributed by atoms with E-state index in [1.165, 1.54) is 12.6 Å². The fourth-order valence-corrected chi connectivity index (χ4v) is 2.95. The van der Waals surface area contributed by atoms with E-state index in [0.717, 1.165) is 18.4 Å². The van der Waals surface area contributed by atoms with Gasteiger partial charge >= 0.3 is 6.09 Å². The van der Waals surface area contributed by atoms with E-state index >= 15 is 0 Å². The molecule has 0 atom stereocenters. The molecule has 2 heterocycles. The molecule has 1 aromatic heterocycles. The van der Waals surface area contributed by atoms with Crippen molar-refractivity contribution in [3.8, 4) is 0 Å². The summed E-state index contributed by atoms with van der Waals surface area (Å²) in [5, 5.41) is 2.53. The number of nitrogens with two attached hydrogens (primary N) is 1. The first-order valence-electron chi connectivity index (χ1n) is 12.7. The summed E-state index contributed by atoms with van der Waals surface area (Å²) in [5.41, 5.74) is 6.61. The Balaban J connectivity index is 0.000000321. The monoisotopic (exact) mass is 530 g/mol. The number of primary amides is 1. The molecule has 0 bridgehead atoms. The van der Waals surface area contributed by atoms with Crippen molar-refractivity contribution >= 4 is 24.8 Å². The lowest BCUT2D eigenvalue weighted by Crippen LogP contribution is -2.48. The second-order valence-corrected chi connectivity index (χ2v) is 9.82. The highest BCUT2D eigenvalue weighted by Crippen LogP contribution is 2.16. The van der Waals surface area contributed by atoms with Crippen molar-refractivity contribution in [2.75, 3.05) is 32.7 Å². The minimum Gasteiger partial charge on any atom is -0.445 e. The molecule has 210 valence electrons. The average Bonchev–Trinajstić information content (AvgIpc) is 3.40. The molecule has 2 aromatic rings. The van der Waals surface area contributed by atoms with Crippen LogP contribution in [0.5, 0.6) is 0 Å². The molecule has 0 unspecified atom stereocenters. The highest BCUT2D eigenvalue weighted by atomic mass is 16.6. The third-order valence-electron chi connectivity index (χ3n) is 5.73. The van der Waals surface area contributed by atoms with E-state index < -0.39 is 5.91 Å². The lowest BCUT2D eigenvalue weighted by molar-refractivity contribution is -0.119. The van der Waals surface area contributed by atoms with Crippen molar-refractivity contribution in [1.82, 2.24) is 24.7 Å². The van der Waals surface area contributed by atoms with Gasteiger partial charge in [0.1, 0.15) is 6.61 Å². The first kappa shape index (κ1) is 32.1. The molecule has 1 aliphatic heterocycles. The Morgan fingerprint density at radius 1 is 1.11 bits per heavy atom. The number of nitrogens with zero attached hydrogens (tertiary/aromatic N) is 4. The standard InChI is InChI=1S/C13H16N2O3.C8H12N4O2.C6H14/c16-11-14-6-8-15(9-7-14)13(17)18-10-12-4-2-1-3-5-12;9-7(14)8-11-3-5-12(8)4-1-2-10-6-13;1-5-6(2,3)4/h1-5,11H,6-10H2;3,5-6H,1-2,4H2,(H2,9,14)(H,10,13);5H2,1-4H3. The van der Waals surface area contributed by atoms with Gasteiger partial charge in [-0.2, -0.15) is 0 Å². The highest BCUT2D eigenvalue weighted by molar-refractivity contribution is 5.89. The maximum atomic E-state index is 11.8. The van der Waals surface area contributed by atoms with Crippen LogP contribution < -0.4 is 11.1 Å². The summed E-state index contributed by atoms with van der Waals surface area (Å²) in [4.78, 5) is 50.2. The van der Waals surface area contributed by atoms with E-state index in [1.807, 2.05) is 30.3 Å². The fourth-order valence-electron chi connectivity index (χ4n) is 2.95. The first-order chi connectivity index (χ1) is 18.1. The predicted molar refractivity (Wildman–Crippen MR) is 145 cm³/mol. The summed E-state index contributed by atoms with van der Waals surface area (Å²) in [5.74, 6) is -0.297. The van der Waals surface area contributed by atoms with Crippen molar-refractivity contribution in [3.05, 3.63) is 54.1 Å². The van der Waals surface area contributed by atoms with E-state index in [0.29, 0.717) is 51.1 Å². The number of aryl methyl sites for hydroxylation is 1. The number of amides is 4. The van der Waals surface area contributed by atoms with Gasteiger partial charge in [-0.1, -0.05) is 64.4 Å². The number of hydrogen-bond donors (Lipinski definition) is 2. The van der Waals surface area contributed by atoms with Crippen molar-refractivity contribution in [2.45, 2.75) is 53.7 Å². The van der Waals surface area contributed by atoms with Crippen LogP contribution in [-0.2, 0) is 27.5 Å². The van der Waals surface area contributed by atoms with Gasteiger partial charge in [-0.25, -0.2) is 9.78 Å². The zero-order valence-corrected chi connectivity index (χ0v) is 23.0. The van der Waals surface area contributed by atoms with Crippen LogP contribution in [-0.4, -0.2) is 76.9 Å². The van der Waals surface area contributed by atoms with E-state index in [-0.39, 0.29) is 18.5 Å². The topological polar surface area (TPSA) is 140 Å². The Morgan fingerprint density at radius 3 is 2.26 bits per heavy atom. The number of hydrogen-bond acceptors (Lipinski definition) is 6. The number of ether oxygens (including phenoxy) is 1. The van der Waals surface area contributed by atoms with E-state index in [2.05, 4.69) is 38.0 Å². The first-order valence-corrected chi connectivity index (χ1v) is 12.7. The SMILES string of the molecule is CCC(C)(C)C.NC(=O)c1nccn1CCCNC=O.O=CN1CCN(C(=O)OCc2ccccc2)CC1. The lowest BCUT2D eigenvalue weighted by Gasteiger charge is -2.31. The van der Waals surface area contributed by atoms with Crippen LogP contribution in [0.1, 0.15) is 56.7 Å². The quantitative estimate of drug-likeness (QED) is 0.377. The second kappa shape index (κ2) is 17.5. The van der Waals surface area contributed by atoms with Gasteiger partial charge in [-0.15, -0.1) is 0 Å². The van der Waals surface area contributed by atoms with Crippen LogP contribution in [0.4, 0.5) is 4.79 Å². The number of nitrogens with one attached hydrogen (secondary N) is 1. The zero-order chi connectivity index (χ0) is 28.4. The van der Waals surface area contributed by atoms with Gasteiger partial charge in [0.15, 0.2) is 5.82 Å². The molecule has 1 saturated heterocycles. The van der Waals surface area contributed by atoms with Gasteiger partial charge in [0.05, 0.1) is 0 Å². The molecule has 4 amide bonds. The predicted octanol–water partition coefficient (Wildman–Crippen LogP) is 2.66. The number of carbonyl (C=O) groups is 4. The van der Waals surface area contributed by atoms with E-state index in [1.54, 1.807) is 20.6 Å². The largest absolute Gasteiger partial charge is 0.445 e. The minimum atomic E-state index is -0.543. The Bertz CT molecular complexity index is 966. The molecular weight excluding hydrogens is 488 g/mol. The molecular formula is C27H42N6O5. The number of aromatic nitrogens is 2. The maximum Gasteiger partial charge on any atom is 0.410 e. The Labute approximate surface area is 225 Å². The summed E-state index contributed by atoms with van der Waals surface area (Å²) < 4.78 is 6.88. The van der Waals surface area contributed by atoms with Crippen LogP contribution in [0, 0.1) is 5.41 Å². The zero-order valence-electron chi connectivity index (χ0n) is 23.0. The van der Waals surface area contributed by atoms with Crippen molar-refractivity contribution in [2.24, 2.45) is 11.1 Å². The molecule has 3 N–H and O–H groups in total. The molecule has 1 aromatic carbocycles. The van der Waals surface area contributed by atoms with Gasteiger partial charge in [0.25, 0.3) is 5.91 Å². The van der Waals surface area contributed by atoms with Crippen LogP contribution in [0.25, 0.3) is 0 Å². The molecule has 38 heavy (non-hydrogen) atoms. The summed E-state index contributed by atoms with van der Waals surface area (Å²) in [6.45, 7) is 12.6. The number of piperazine rings is 1. The number of carbonyl (C=O) groups excluding carboxylic acids is 4. The van der Waals surface area contributed by atoms with Gasteiger partial charge in [-0.05, 0) is 17.4 Å². The van der Waals surface area contributed by atoms with Crippen LogP contribution in [0.2, 0.25) is 0 Å². The number of rotatable bonds is 9. The van der Waals surface area contributed by atoms with Crippen LogP contribution in [0.3, 0.4) is 0 Å². The normalized spacial score (nSPS) is 12.7. The molecule has 1 aliphatic rings. The molecule has 3 rings (SSSR count). The Morgan fingerprint density at radius 2 is 1.74 bits per heavy atom. The Hall–Kier alpha value is -3.89. The van der Waals surface area contributed by atoms with Gasteiger partial charge < -0.3 is 30.2 Å². The smallest absolute Gasteiger partial charge is 0.410 e. The van der Waals surface area contributed by atoms with E-state index in [9.17, 15) is 19.2 Å². The maximum absolute atomic E-state index is 11.8. The third kappa shape index (κ3) is 13.4. The van der Waals surface area contributed by atoms with Crippen LogP contribution >= 0.6 is 0 Å². The lowest BCUT2D eigenvalue weighted by atomic mass is 9.94. The highest BCUT2D eigenvalue weighted by Gasteiger charge is 2.21. The summed E-state index contributed by atoms with van der Waals surface area (Å²) in [6, 6.07) is 9.57. The summed E-state index contributed by atoms with van der Waals surface area (Å²) in [6.07, 6.45) is 6.34. The molecule has 0 aliphatic carbocycles. The molecule has 0 radical (unpaired) electrons. The van der Waals surface area contributed by atoms with E-state index in [4.69, 9.17) is 10.5 Å². The summed E-state index contributed by atoms with van der Waals surface area (Å²) in [7, 11) is 0. The van der Waals surface area contributed by atoms with Gasteiger partial charge in [-0.3, -0.25) is 14.4 Å². The van der Waals surface area contributed by atoms with Gasteiger partial charge in [0, 0.05) is 51.7 Å². The second-order valence-electron chi connectivity index (χ2n) is 9.82. The third-order valence-corrected chi connectivity index (χ3v) is 5.73. The molecule has 11 heteroatoms. The average molecular weight is 531 g/mol. The fraction of sp³-hybridized carbons (Fsp3) is 0.519. The van der Waals surface area contributed by atoms with Crippen LogP contribution in [0.15, 0.2) is 42.7 Å². The molecule has 0 saturated carbocycles. The van der Waals surface area contributed by atoms with Crippen molar-refractivity contribution < 1.29 is 23.9 Å². The Kier molecular flexibility index (Phi) is 14.8.